The molecule has 39 heavy (non-hydrogen) atoms. The molecular formula is C31H30N6O2. The Balaban J connectivity index is 1.42. The molecule has 5 heterocycles. The van der Waals surface area contributed by atoms with Crippen LogP contribution in [0.3, 0.4) is 0 Å². The first-order valence-corrected chi connectivity index (χ1v) is 13.3. The SMILES string of the molecule is CC(N(C)C)n1c2c(c3ccccc31)CCN(c1ncc(-c3ccccn3)cn1)C2c1ccc2c(c1)OCO2. The Morgan fingerprint density at radius 2 is 1.72 bits per heavy atom. The van der Waals surface area contributed by atoms with Gasteiger partial charge in [-0.05, 0) is 68.9 Å². The summed E-state index contributed by atoms with van der Waals surface area (Å²) in [7, 11) is 4.25. The van der Waals surface area contributed by atoms with E-state index in [-0.39, 0.29) is 19.0 Å². The van der Waals surface area contributed by atoms with Crippen molar-refractivity contribution in [2.45, 2.75) is 25.6 Å². The standard InChI is InChI=1S/C31H30N6O2/c1-20(35(2)3)37-26-10-5-4-8-23(26)24-13-15-36(31-33-17-22(18-34-31)25-9-6-7-14-32-25)29(30(24)37)21-11-12-27-28(16-21)39-19-38-27/h4-12,14,16-18,20,29H,13,15,19H2,1-3H3. The Morgan fingerprint density at radius 3 is 2.51 bits per heavy atom. The maximum absolute atomic E-state index is 5.80. The van der Waals surface area contributed by atoms with Gasteiger partial charge in [0.2, 0.25) is 12.7 Å². The molecule has 0 spiro atoms. The van der Waals surface area contributed by atoms with E-state index in [9.17, 15) is 0 Å². The first-order chi connectivity index (χ1) is 19.1. The Labute approximate surface area is 227 Å². The van der Waals surface area contributed by atoms with Crippen LogP contribution in [0.25, 0.3) is 22.2 Å². The smallest absolute Gasteiger partial charge is 0.231 e. The van der Waals surface area contributed by atoms with Crippen molar-refractivity contribution in [3.8, 4) is 22.8 Å². The van der Waals surface area contributed by atoms with Crippen LogP contribution in [-0.4, -0.2) is 51.9 Å². The molecule has 2 atom stereocenters. The molecule has 196 valence electrons. The first kappa shape index (κ1) is 23.7. The number of pyridine rings is 1. The summed E-state index contributed by atoms with van der Waals surface area (Å²) in [4.78, 5) is 18.8. The third kappa shape index (κ3) is 3.90. The van der Waals surface area contributed by atoms with Gasteiger partial charge in [0.1, 0.15) is 0 Å². The number of benzene rings is 2. The molecule has 2 aromatic carbocycles. The third-order valence-corrected chi connectivity index (χ3v) is 7.92. The second-order valence-electron chi connectivity index (χ2n) is 10.3. The zero-order chi connectivity index (χ0) is 26.5. The van der Waals surface area contributed by atoms with Crippen LogP contribution in [0.2, 0.25) is 0 Å². The van der Waals surface area contributed by atoms with Gasteiger partial charge in [0.15, 0.2) is 11.5 Å². The molecule has 2 aliphatic heterocycles. The molecule has 8 heteroatoms. The largest absolute Gasteiger partial charge is 0.454 e. The van der Waals surface area contributed by atoms with Crippen LogP contribution in [0.15, 0.2) is 79.3 Å². The van der Waals surface area contributed by atoms with Crippen molar-refractivity contribution >= 4 is 16.9 Å². The third-order valence-electron chi connectivity index (χ3n) is 7.92. The zero-order valence-electron chi connectivity index (χ0n) is 22.3. The van der Waals surface area contributed by atoms with E-state index in [2.05, 4.69) is 76.8 Å². The molecule has 7 rings (SSSR count). The highest BCUT2D eigenvalue weighted by molar-refractivity contribution is 5.87. The highest BCUT2D eigenvalue weighted by atomic mass is 16.7. The normalized spacial score (nSPS) is 17.0. The molecular weight excluding hydrogens is 488 g/mol. The van der Waals surface area contributed by atoms with E-state index in [0.29, 0.717) is 5.95 Å². The van der Waals surface area contributed by atoms with Gasteiger partial charge in [-0.3, -0.25) is 9.88 Å². The Morgan fingerprint density at radius 1 is 0.923 bits per heavy atom. The number of nitrogens with zero attached hydrogens (tertiary/aromatic N) is 6. The molecule has 0 saturated carbocycles. The van der Waals surface area contributed by atoms with Crippen LogP contribution < -0.4 is 14.4 Å². The molecule has 5 aromatic rings. The number of rotatable bonds is 5. The van der Waals surface area contributed by atoms with Gasteiger partial charge in [-0.15, -0.1) is 0 Å². The molecule has 0 fully saturated rings. The molecule has 2 aliphatic rings. The number of anilines is 1. The number of hydrogen-bond donors (Lipinski definition) is 0. The lowest BCUT2D eigenvalue weighted by molar-refractivity contribution is 0.174. The van der Waals surface area contributed by atoms with Gasteiger partial charge in [-0.2, -0.15) is 0 Å². The summed E-state index contributed by atoms with van der Waals surface area (Å²) in [6, 6.07) is 20.7. The molecule has 0 aliphatic carbocycles. The van der Waals surface area contributed by atoms with Crippen molar-refractivity contribution in [3.63, 3.8) is 0 Å². The van der Waals surface area contributed by atoms with Crippen molar-refractivity contribution in [1.82, 2.24) is 24.4 Å². The fraction of sp³-hybridized carbons (Fsp3) is 0.258. The minimum absolute atomic E-state index is 0.112. The molecule has 0 amide bonds. The number of aromatic nitrogens is 4. The van der Waals surface area contributed by atoms with Gasteiger partial charge in [-0.1, -0.05) is 30.3 Å². The summed E-state index contributed by atoms with van der Waals surface area (Å²) in [5.41, 5.74) is 6.75. The first-order valence-electron chi connectivity index (χ1n) is 13.3. The predicted octanol–water partition coefficient (Wildman–Crippen LogP) is 5.45. The lowest BCUT2D eigenvalue weighted by atomic mass is 9.92. The van der Waals surface area contributed by atoms with Crippen molar-refractivity contribution in [3.05, 3.63) is 96.1 Å². The van der Waals surface area contributed by atoms with E-state index in [0.717, 1.165) is 41.3 Å². The van der Waals surface area contributed by atoms with Crippen LogP contribution in [0, 0.1) is 0 Å². The quantitative estimate of drug-likeness (QED) is 0.306. The van der Waals surface area contributed by atoms with Crippen molar-refractivity contribution < 1.29 is 9.47 Å². The lowest BCUT2D eigenvalue weighted by Crippen LogP contribution is -2.39. The van der Waals surface area contributed by atoms with E-state index >= 15 is 0 Å². The Hall–Kier alpha value is -4.43. The fourth-order valence-corrected chi connectivity index (χ4v) is 5.83. The molecule has 0 bridgehead atoms. The average Bonchev–Trinajstić information content (AvgIpc) is 3.59. The van der Waals surface area contributed by atoms with Crippen molar-refractivity contribution in [2.24, 2.45) is 0 Å². The van der Waals surface area contributed by atoms with Gasteiger partial charge in [0, 0.05) is 41.6 Å². The predicted molar refractivity (Wildman–Crippen MR) is 151 cm³/mol. The number of hydrogen-bond acceptors (Lipinski definition) is 7. The molecule has 2 unspecified atom stereocenters. The van der Waals surface area contributed by atoms with E-state index in [4.69, 9.17) is 19.4 Å². The van der Waals surface area contributed by atoms with E-state index in [1.807, 2.05) is 36.7 Å². The fourth-order valence-electron chi connectivity index (χ4n) is 5.83. The minimum Gasteiger partial charge on any atom is -0.454 e. The molecule has 0 radical (unpaired) electrons. The molecule has 0 saturated heterocycles. The minimum atomic E-state index is -0.112. The van der Waals surface area contributed by atoms with Crippen LogP contribution >= 0.6 is 0 Å². The number of ether oxygens (including phenoxy) is 2. The van der Waals surface area contributed by atoms with E-state index < -0.39 is 0 Å². The average molecular weight is 519 g/mol. The molecule has 8 nitrogen and oxygen atoms in total. The highest BCUT2D eigenvalue weighted by Gasteiger charge is 2.37. The molecule has 3 aromatic heterocycles. The topological polar surface area (TPSA) is 68.5 Å². The van der Waals surface area contributed by atoms with Crippen LogP contribution in [0.4, 0.5) is 5.95 Å². The lowest BCUT2D eigenvalue weighted by Gasteiger charge is -2.39. The summed E-state index contributed by atoms with van der Waals surface area (Å²) in [5, 5.41) is 1.30. The van der Waals surface area contributed by atoms with E-state index in [1.165, 1.54) is 22.2 Å². The second kappa shape index (κ2) is 9.39. The molecule has 0 N–H and O–H groups in total. The Bertz CT molecular complexity index is 1650. The van der Waals surface area contributed by atoms with Gasteiger partial charge in [0.05, 0.1) is 23.6 Å². The van der Waals surface area contributed by atoms with Crippen LogP contribution in [0.1, 0.15) is 36.0 Å². The summed E-state index contributed by atoms with van der Waals surface area (Å²) in [6.45, 7) is 3.29. The summed E-state index contributed by atoms with van der Waals surface area (Å²) >= 11 is 0. The summed E-state index contributed by atoms with van der Waals surface area (Å²) in [5.74, 6) is 2.24. The van der Waals surface area contributed by atoms with Crippen molar-refractivity contribution in [2.75, 3.05) is 32.3 Å². The van der Waals surface area contributed by atoms with Gasteiger partial charge >= 0.3 is 0 Å². The number of para-hydroxylation sites is 1. The number of fused-ring (bicyclic) bond motifs is 4. The van der Waals surface area contributed by atoms with Crippen molar-refractivity contribution in [1.29, 1.82) is 0 Å². The monoisotopic (exact) mass is 518 g/mol. The van der Waals surface area contributed by atoms with E-state index in [1.54, 1.807) is 6.20 Å². The van der Waals surface area contributed by atoms with Crippen LogP contribution in [0.5, 0.6) is 11.5 Å². The van der Waals surface area contributed by atoms with Gasteiger partial charge in [0.25, 0.3) is 0 Å². The maximum atomic E-state index is 5.80. The van der Waals surface area contributed by atoms with Crippen LogP contribution in [-0.2, 0) is 6.42 Å². The maximum Gasteiger partial charge on any atom is 0.231 e. The highest BCUT2D eigenvalue weighted by Crippen LogP contribution is 2.45. The zero-order valence-corrected chi connectivity index (χ0v) is 22.3. The Kier molecular flexibility index (Phi) is 5.70. The second-order valence-corrected chi connectivity index (χ2v) is 10.3. The summed E-state index contributed by atoms with van der Waals surface area (Å²) in [6.07, 6.45) is 6.57. The summed E-state index contributed by atoms with van der Waals surface area (Å²) < 4.78 is 13.9. The van der Waals surface area contributed by atoms with Gasteiger partial charge < -0.3 is 18.9 Å². The van der Waals surface area contributed by atoms with Gasteiger partial charge in [-0.25, -0.2) is 9.97 Å².